The highest BCUT2D eigenvalue weighted by atomic mass is 16.2. The lowest BCUT2D eigenvalue weighted by Gasteiger charge is -2.38. The number of likely N-dealkylation sites (N-methyl/N-ethyl adjacent to an activating group) is 1. The topological polar surface area (TPSA) is 48.8 Å². The van der Waals surface area contributed by atoms with Gasteiger partial charge in [0.1, 0.15) is 0 Å². The van der Waals surface area contributed by atoms with Crippen LogP contribution in [-0.2, 0) is 4.79 Å². The molecule has 0 spiro atoms. The third-order valence-electron chi connectivity index (χ3n) is 7.12. The van der Waals surface area contributed by atoms with E-state index in [9.17, 15) is 9.59 Å². The Morgan fingerprint density at radius 3 is 2.45 bits per heavy atom. The van der Waals surface area contributed by atoms with Crippen molar-refractivity contribution in [1.82, 2.24) is 19.3 Å². The van der Waals surface area contributed by atoms with Crippen molar-refractivity contribution < 1.29 is 9.59 Å². The van der Waals surface area contributed by atoms with E-state index in [-0.39, 0.29) is 17.9 Å². The molecular weight excluding hydrogens is 364 g/mol. The van der Waals surface area contributed by atoms with E-state index < -0.39 is 0 Å². The Balaban J connectivity index is 1.28. The van der Waals surface area contributed by atoms with Gasteiger partial charge in [0.15, 0.2) is 0 Å². The molecule has 1 saturated carbocycles. The van der Waals surface area contributed by atoms with E-state index in [2.05, 4.69) is 21.7 Å². The van der Waals surface area contributed by atoms with Crippen LogP contribution in [0.25, 0.3) is 10.9 Å². The minimum atomic E-state index is 0.140. The van der Waals surface area contributed by atoms with E-state index in [1.807, 2.05) is 30.1 Å². The van der Waals surface area contributed by atoms with Crippen LogP contribution >= 0.6 is 0 Å². The molecule has 2 aliphatic heterocycles. The Morgan fingerprint density at radius 1 is 1.00 bits per heavy atom. The van der Waals surface area contributed by atoms with E-state index in [0.29, 0.717) is 6.42 Å². The van der Waals surface area contributed by atoms with Crippen molar-refractivity contribution in [3.63, 3.8) is 0 Å². The SMILES string of the molecule is CN1CC(n2ccc3cc(C(=O)N4CCN(C5CCCC5)CC4)ccc32)CC1=O. The maximum absolute atomic E-state index is 13.1. The Bertz CT molecular complexity index is 922. The van der Waals surface area contributed by atoms with E-state index in [1.54, 1.807) is 4.90 Å². The maximum atomic E-state index is 13.1. The third-order valence-corrected chi connectivity index (χ3v) is 7.12. The van der Waals surface area contributed by atoms with Gasteiger partial charge in [0.2, 0.25) is 5.91 Å². The smallest absolute Gasteiger partial charge is 0.253 e. The molecule has 0 N–H and O–H groups in total. The number of carbonyl (C=O) groups excluding carboxylic acids is 2. The van der Waals surface area contributed by atoms with Crippen LogP contribution in [0.15, 0.2) is 30.5 Å². The quantitative estimate of drug-likeness (QED) is 0.804. The van der Waals surface area contributed by atoms with Gasteiger partial charge in [-0.15, -0.1) is 0 Å². The predicted octanol–water partition coefficient (Wildman–Crippen LogP) is 2.74. The van der Waals surface area contributed by atoms with Gasteiger partial charge in [0, 0.05) is 74.9 Å². The van der Waals surface area contributed by atoms with E-state index in [0.717, 1.165) is 55.2 Å². The molecule has 3 heterocycles. The second-order valence-electron chi connectivity index (χ2n) is 8.90. The molecule has 154 valence electrons. The van der Waals surface area contributed by atoms with Crippen molar-refractivity contribution in [1.29, 1.82) is 0 Å². The molecule has 1 aliphatic carbocycles. The average molecular weight is 395 g/mol. The number of hydrogen-bond donors (Lipinski definition) is 0. The molecule has 29 heavy (non-hydrogen) atoms. The minimum absolute atomic E-state index is 0.140. The molecule has 2 aromatic rings. The fourth-order valence-corrected chi connectivity index (χ4v) is 5.38. The van der Waals surface area contributed by atoms with Gasteiger partial charge in [-0.25, -0.2) is 0 Å². The largest absolute Gasteiger partial charge is 0.344 e. The first kappa shape index (κ1) is 18.7. The Morgan fingerprint density at radius 2 is 1.76 bits per heavy atom. The van der Waals surface area contributed by atoms with Gasteiger partial charge in [-0.1, -0.05) is 12.8 Å². The third kappa shape index (κ3) is 3.44. The normalized spacial score (nSPS) is 24.2. The molecule has 3 fully saturated rings. The lowest BCUT2D eigenvalue weighted by atomic mass is 10.1. The lowest BCUT2D eigenvalue weighted by Crippen LogP contribution is -2.51. The Hall–Kier alpha value is -2.34. The monoisotopic (exact) mass is 394 g/mol. The molecule has 6 nitrogen and oxygen atoms in total. The maximum Gasteiger partial charge on any atom is 0.253 e. The van der Waals surface area contributed by atoms with Crippen LogP contribution in [0.3, 0.4) is 0 Å². The fraction of sp³-hybridized carbons (Fsp3) is 0.565. The van der Waals surface area contributed by atoms with E-state index in [4.69, 9.17) is 0 Å². The van der Waals surface area contributed by atoms with Crippen molar-refractivity contribution in [2.45, 2.75) is 44.2 Å². The number of benzene rings is 1. The molecule has 3 aliphatic rings. The van der Waals surface area contributed by atoms with Crippen LogP contribution in [0, 0.1) is 0 Å². The molecule has 2 amide bonds. The fourth-order valence-electron chi connectivity index (χ4n) is 5.38. The molecule has 0 bridgehead atoms. The summed E-state index contributed by atoms with van der Waals surface area (Å²) in [5, 5.41) is 1.07. The minimum Gasteiger partial charge on any atom is -0.344 e. The molecule has 2 saturated heterocycles. The van der Waals surface area contributed by atoms with Crippen molar-refractivity contribution in [2.75, 3.05) is 39.8 Å². The summed E-state index contributed by atoms with van der Waals surface area (Å²) >= 11 is 0. The number of piperazine rings is 1. The van der Waals surface area contributed by atoms with Gasteiger partial charge in [-0.3, -0.25) is 14.5 Å². The molecule has 1 aromatic carbocycles. The van der Waals surface area contributed by atoms with Gasteiger partial charge in [0.05, 0.1) is 6.04 Å². The summed E-state index contributed by atoms with van der Waals surface area (Å²) in [5.74, 6) is 0.335. The van der Waals surface area contributed by atoms with Crippen LogP contribution < -0.4 is 0 Å². The molecule has 1 atom stereocenters. The summed E-state index contributed by atoms with van der Waals surface area (Å²) in [6.45, 7) is 4.39. The van der Waals surface area contributed by atoms with Crippen LogP contribution in [0.4, 0.5) is 0 Å². The highest BCUT2D eigenvalue weighted by Crippen LogP contribution is 2.28. The Labute approximate surface area is 172 Å². The number of rotatable bonds is 3. The van der Waals surface area contributed by atoms with Crippen molar-refractivity contribution in [2.24, 2.45) is 0 Å². The van der Waals surface area contributed by atoms with Crippen LogP contribution in [-0.4, -0.2) is 76.9 Å². The Kier molecular flexibility index (Phi) is 4.82. The summed E-state index contributed by atoms with van der Waals surface area (Å²) in [5.41, 5.74) is 1.87. The van der Waals surface area contributed by atoms with Crippen LogP contribution in [0.1, 0.15) is 48.5 Å². The van der Waals surface area contributed by atoms with Gasteiger partial charge in [-0.05, 0) is 37.1 Å². The number of amides is 2. The molecule has 0 radical (unpaired) electrons. The second kappa shape index (κ2) is 7.48. The number of nitrogens with zero attached hydrogens (tertiary/aromatic N) is 4. The number of aromatic nitrogens is 1. The van der Waals surface area contributed by atoms with Crippen molar-refractivity contribution >= 4 is 22.7 Å². The van der Waals surface area contributed by atoms with Gasteiger partial charge in [-0.2, -0.15) is 0 Å². The molecule has 5 rings (SSSR count). The number of hydrogen-bond acceptors (Lipinski definition) is 3. The first-order valence-corrected chi connectivity index (χ1v) is 11.0. The number of fused-ring (bicyclic) bond motifs is 1. The van der Waals surface area contributed by atoms with Crippen molar-refractivity contribution in [3.05, 3.63) is 36.0 Å². The van der Waals surface area contributed by atoms with Crippen LogP contribution in [0.2, 0.25) is 0 Å². The molecule has 1 unspecified atom stereocenters. The van der Waals surface area contributed by atoms with Crippen LogP contribution in [0.5, 0.6) is 0 Å². The zero-order valence-corrected chi connectivity index (χ0v) is 17.2. The van der Waals surface area contributed by atoms with Gasteiger partial charge in [0.25, 0.3) is 5.91 Å². The summed E-state index contributed by atoms with van der Waals surface area (Å²) < 4.78 is 2.19. The average Bonchev–Trinajstić information content (AvgIpc) is 3.48. The standard InChI is InChI=1S/C23H30N4O2/c1-24-16-20(15-22(24)28)27-9-8-17-14-18(6-7-21(17)27)23(29)26-12-10-25(11-13-26)19-4-2-3-5-19/h6-9,14,19-20H,2-5,10-13,15-16H2,1H3. The van der Waals surface area contributed by atoms with Gasteiger partial charge >= 0.3 is 0 Å². The predicted molar refractivity (Wildman–Crippen MR) is 113 cm³/mol. The summed E-state index contributed by atoms with van der Waals surface area (Å²) in [7, 11) is 1.86. The zero-order chi connectivity index (χ0) is 20.0. The highest BCUT2D eigenvalue weighted by Gasteiger charge is 2.30. The van der Waals surface area contributed by atoms with Crippen molar-refractivity contribution in [3.8, 4) is 0 Å². The van der Waals surface area contributed by atoms with E-state index in [1.165, 1.54) is 25.7 Å². The molecule has 6 heteroatoms. The summed E-state index contributed by atoms with van der Waals surface area (Å²) in [4.78, 5) is 31.4. The van der Waals surface area contributed by atoms with E-state index >= 15 is 0 Å². The lowest BCUT2D eigenvalue weighted by molar-refractivity contribution is -0.126. The highest BCUT2D eigenvalue weighted by molar-refractivity contribution is 5.98. The van der Waals surface area contributed by atoms with Gasteiger partial charge < -0.3 is 14.4 Å². The molecular formula is C23H30N4O2. The first-order valence-electron chi connectivity index (χ1n) is 11.0. The molecule has 1 aromatic heterocycles. The summed E-state index contributed by atoms with van der Waals surface area (Å²) in [6, 6.07) is 8.98. The number of likely N-dealkylation sites (tertiary alicyclic amines) is 1. The first-order chi connectivity index (χ1) is 14.1. The summed E-state index contributed by atoms with van der Waals surface area (Å²) in [6.07, 6.45) is 7.96. The second-order valence-corrected chi connectivity index (χ2v) is 8.90. The number of carbonyl (C=O) groups is 2. The zero-order valence-electron chi connectivity index (χ0n) is 17.2.